The van der Waals surface area contributed by atoms with Crippen LogP contribution in [0.15, 0.2) is 6.07 Å². The van der Waals surface area contributed by atoms with Crippen LogP contribution in [-0.2, 0) is 20.0 Å². The molecule has 0 bridgehead atoms. The van der Waals surface area contributed by atoms with Crippen molar-refractivity contribution in [2.45, 2.75) is 39.3 Å². The number of halogens is 1. The van der Waals surface area contributed by atoms with Crippen molar-refractivity contribution in [1.82, 2.24) is 15.1 Å². The fraction of sp³-hybridized carbons (Fsp3) is 0.727. The van der Waals surface area contributed by atoms with Gasteiger partial charge in [-0.05, 0) is 18.9 Å². The Balaban J connectivity index is 2.52. The van der Waals surface area contributed by atoms with E-state index in [0.717, 1.165) is 25.1 Å². The van der Waals surface area contributed by atoms with Crippen LogP contribution < -0.4 is 5.32 Å². The third-order valence-corrected chi connectivity index (χ3v) is 3.01. The van der Waals surface area contributed by atoms with Crippen LogP contribution in [0.25, 0.3) is 0 Å². The van der Waals surface area contributed by atoms with Gasteiger partial charge in [0.05, 0.1) is 11.4 Å². The van der Waals surface area contributed by atoms with E-state index in [1.54, 1.807) is 0 Å². The Hall–Kier alpha value is -0.540. The van der Waals surface area contributed by atoms with Crippen LogP contribution in [-0.4, -0.2) is 21.7 Å². The van der Waals surface area contributed by atoms with E-state index < -0.39 is 0 Å². The van der Waals surface area contributed by atoms with Crippen molar-refractivity contribution in [2.75, 3.05) is 5.88 Å². The van der Waals surface area contributed by atoms with Gasteiger partial charge < -0.3 is 5.32 Å². The fourth-order valence-corrected chi connectivity index (χ4v) is 1.79. The minimum absolute atomic E-state index is 0.395. The standard InChI is InChI=1S/C11H20ClN3/c1-4-9-6-11(15(3)14-9)8-13-10(5-2)7-12/h6,10,13H,4-5,7-8H2,1-3H3. The van der Waals surface area contributed by atoms with Gasteiger partial charge in [-0.25, -0.2) is 0 Å². The summed E-state index contributed by atoms with van der Waals surface area (Å²) < 4.78 is 1.94. The number of aryl methyl sites for hydroxylation is 2. The van der Waals surface area contributed by atoms with Crippen LogP contribution in [0.5, 0.6) is 0 Å². The maximum Gasteiger partial charge on any atom is 0.0625 e. The summed E-state index contributed by atoms with van der Waals surface area (Å²) in [5.74, 6) is 0.662. The summed E-state index contributed by atoms with van der Waals surface area (Å²) in [5, 5.41) is 7.82. The van der Waals surface area contributed by atoms with Crippen molar-refractivity contribution in [2.24, 2.45) is 7.05 Å². The molecule has 0 amide bonds. The maximum absolute atomic E-state index is 5.82. The Labute approximate surface area is 96.8 Å². The highest BCUT2D eigenvalue weighted by atomic mass is 35.5. The molecule has 0 aromatic carbocycles. The van der Waals surface area contributed by atoms with Gasteiger partial charge in [-0.2, -0.15) is 5.10 Å². The van der Waals surface area contributed by atoms with E-state index in [2.05, 4.69) is 30.3 Å². The molecule has 86 valence electrons. The SMILES string of the molecule is CCc1cc(CNC(CC)CCl)n(C)n1. The summed E-state index contributed by atoms with van der Waals surface area (Å²) in [7, 11) is 1.98. The zero-order valence-corrected chi connectivity index (χ0v) is 10.5. The summed E-state index contributed by atoms with van der Waals surface area (Å²) in [6, 6.07) is 2.54. The van der Waals surface area contributed by atoms with Gasteiger partial charge in [0.1, 0.15) is 0 Å². The number of aromatic nitrogens is 2. The predicted molar refractivity (Wildman–Crippen MR) is 64.2 cm³/mol. The Kier molecular flexibility index (Phi) is 5.12. The normalized spacial score (nSPS) is 13.1. The third-order valence-electron chi connectivity index (χ3n) is 2.64. The van der Waals surface area contributed by atoms with Gasteiger partial charge in [-0.1, -0.05) is 13.8 Å². The number of alkyl halides is 1. The largest absolute Gasteiger partial charge is 0.307 e. The molecule has 1 atom stereocenters. The third kappa shape index (κ3) is 3.50. The van der Waals surface area contributed by atoms with E-state index in [4.69, 9.17) is 11.6 Å². The molecule has 0 spiro atoms. The molecule has 0 aliphatic heterocycles. The van der Waals surface area contributed by atoms with Crippen LogP contribution in [0.4, 0.5) is 0 Å². The number of nitrogens with one attached hydrogen (secondary N) is 1. The van der Waals surface area contributed by atoms with Gasteiger partial charge in [-0.15, -0.1) is 11.6 Å². The molecule has 1 aromatic rings. The van der Waals surface area contributed by atoms with Crippen molar-refractivity contribution in [1.29, 1.82) is 0 Å². The molecule has 0 saturated heterocycles. The average Bonchev–Trinajstić information content (AvgIpc) is 2.61. The molecule has 0 aliphatic carbocycles. The minimum atomic E-state index is 0.395. The predicted octanol–water partition coefficient (Wildman–Crippen LogP) is 2.09. The molecule has 1 N–H and O–H groups in total. The first kappa shape index (κ1) is 12.5. The molecule has 0 fully saturated rings. The molecular weight excluding hydrogens is 210 g/mol. The number of nitrogens with zero attached hydrogens (tertiary/aromatic N) is 2. The zero-order valence-electron chi connectivity index (χ0n) is 9.76. The smallest absolute Gasteiger partial charge is 0.0625 e. The van der Waals surface area contributed by atoms with Gasteiger partial charge in [0.25, 0.3) is 0 Å². The zero-order chi connectivity index (χ0) is 11.3. The topological polar surface area (TPSA) is 29.9 Å². The van der Waals surface area contributed by atoms with E-state index in [9.17, 15) is 0 Å². The molecule has 0 radical (unpaired) electrons. The molecule has 1 unspecified atom stereocenters. The Morgan fingerprint density at radius 1 is 1.53 bits per heavy atom. The van der Waals surface area contributed by atoms with Crippen molar-refractivity contribution in [3.8, 4) is 0 Å². The fourth-order valence-electron chi connectivity index (χ4n) is 1.47. The molecular formula is C11H20ClN3. The lowest BCUT2D eigenvalue weighted by atomic mass is 10.2. The summed E-state index contributed by atoms with van der Waals surface area (Å²) in [5.41, 5.74) is 2.36. The van der Waals surface area contributed by atoms with Gasteiger partial charge in [0, 0.05) is 25.5 Å². The highest BCUT2D eigenvalue weighted by molar-refractivity contribution is 6.18. The highest BCUT2D eigenvalue weighted by Gasteiger charge is 2.07. The molecule has 1 rings (SSSR count). The summed E-state index contributed by atoms with van der Waals surface area (Å²) >= 11 is 5.82. The Bertz CT molecular complexity index is 292. The average molecular weight is 230 g/mol. The van der Waals surface area contributed by atoms with E-state index in [1.165, 1.54) is 5.69 Å². The molecule has 0 saturated carbocycles. The Morgan fingerprint density at radius 2 is 2.27 bits per heavy atom. The number of rotatable bonds is 6. The van der Waals surface area contributed by atoms with E-state index in [1.807, 2.05) is 11.7 Å². The van der Waals surface area contributed by atoms with Gasteiger partial charge in [0.2, 0.25) is 0 Å². The van der Waals surface area contributed by atoms with E-state index >= 15 is 0 Å². The molecule has 15 heavy (non-hydrogen) atoms. The molecule has 0 aliphatic rings. The lowest BCUT2D eigenvalue weighted by molar-refractivity contribution is 0.520. The summed E-state index contributed by atoms with van der Waals surface area (Å²) in [6.07, 6.45) is 2.04. The first-order chi connectivity index (χ1) is 7.21. The minimum Gasteiger partial charge on any atom is -0.307 e. The monoisotopic (exact) mass is 229 g/mol. The second-order valence-electron chi connectivity index (χ2n) is 3.74. The number of hydrogen-bond acceptors (Lipinski definition) is 2. The van der Waals surface area contributed by atoms with Crippen LogP contribution in [0.1, 0.15) is 31.7 Å². The lowest BCUT2D eigenvalue weighted by Gasteiger charge is -2.13. The van der Waals surface area contributed by atoms with Crippen molar-refractivity contribution >= 4 is 11.6 Å². The first-order valence-electron chi connectivity index (χ1n) is 5.52. The second kappa shape index (κ2) is 6.13. The lowest BCUT2D eigenvalue weighted by Crippen LogP contribution is -2.30. The second-order valence-corrected chi connectivity index (χ2v) is 4.05. The Morgan fingerprint density at radius 3 is 2.73 bits per heavy atom. The first-order valence-corrected chi connectivity index (χ1v) is 6.05. The molecule has 4 heteroatoms. The van der Waals surface area contributed by atoms with Crippen molar-refractivity contribution in [3.05, 3.63) is 17.5 Å². The highest BCUT2D eigenvalue weighted by Crippen LogP contribution is 2.04. The molecule has 1 heterocycles. The van der Waals surface area contributed by atoms with E-state index in [0.29, 0.717) is 11.9 Å². The number of hydrogen-bond donors (Lipinski definition) is 1. The molecule has 3 nitrogen and oxygen atoms in total. The molecule has 1 aromatic heterocycles. The van der Waals surface area contributed by atoms with Gasteiger partial charge in [-0.3, -0.25) is 4.68 Å². The summed E-state index contributed by atoms with van der Waals surface area (Å²) in [6.45, 7) is 5.10. The van der Waals surface area contributed by atoms with Crippen molar-refractivity contribution in [3.63, 3.8) is 0 Å². The van der Waals surface area contributed by atoms with Crippen LogP contribution in [0, 0.1) is 0 Å². The van der Waals surface area contributed by atoms with Gasteiger partial charge >= 0.3 is 0 Å². The van der Waals surface area contributed by atoms with E-state index in [-0.39, 0.29) is 0 Å². The van der Waals surface area contributed by atoms with Crippen LogP contribution in [0.3, 0.4) is 0 Å². The van der Waals surface area contributed by atoms with Crippen LogP contribution in [0.2, 0.25) is 0 Å². The quantitative estimate of drug-likeness (QED) is 0.758. The summed E-state index contributed by atoms with van der Waals surface area (Å²) in [4.78, 5) is 0. The van der Waals surface area contributed by atoms with Crippen molar-refractivity contribution < 1.29 is 0 Å². The van der Waals surface area contributed by atoms with Gasteiger partial charge in [0.15, 0.2) is 0 Å². The van der Waals surface area contributed by atoms with Crippen LogP contribution >= 0.6 is 11.6 Å². The maximum atomic E-state index is 5.82.